The number of aliphatic hydroxyl groups is 1. The number of nitrogens with zero attached hydrogens (tertiary/aromatic N) is 1. The van der Waals surface area contributed by atoms with Crippen molar-refractivity contribution in [1.82, 2.24) is 4.90 Å². The van der Waals surface area contributed by atoms with Crippen molar-refractivity contribution in [3.8, 4) is 5.75 Å². The highest BCUT2D eigenvalue weighted by Gasteiger charge is 2.23. The van der Waals surface area contributed by atoms with Crippen molar-refractivity contribution in [2.75, 3.05) is 26.8 Å². The molecule has 0 saturated carbocycles. The molecule has 0 unspecified atom stereocenters. The summed E-state index contributed by atoms with van der Waals surface area (Å²) in [5.74, 6) is 1.58. The molecule has 0 aliphatic carbocycles. The van der Waals surface area contributed by atoms with Crippen LogP contribution in [0.5, 0.6) is 5.75 Å². The fraction of sp³-hybridized carbons (Fsp3) is 0.562. The van der Waals surface area contributed by atoms with Gasteiger partial charge in [-0.25, -0.2) is 0 Å². The van der Waals surface area contributed by atoms with Crippen LogP contribution in [-0.2, 0) is 4.79 Å². The van der Waals surface area contributed by atoms with Gasteiger partial charge in [0.25, 0.3) is 0 Å². The number of methoxy groups -OCH3 is 1. The van der Waals surface area contributed by atoms with Gasteiger partial charge in [0.15, 0.2) is 0 Å². The molecule has 0 bridgehead atoms. The zero-order chi connectivity index (χ0) is 14.4. The van der Waals surface area contributed by atoms with E-state index < -0.39 is 0 Å². The lowest BCUT2D eigenvalue weighted by Crippen LogP contribution is -2.37. The summed E-state index contributed by atoms with van der Waals surface area (Å²) >= 11 is 0. The summed E-state index contributed by atoms with van der Waals surface area (Å²) in [6.07, 6.45) is 3.05. The van der Waals surface area contributed by atoms with Gasteiger partial charge < -0.3 is 14.7 Å². The Balaban J connectivity index is 1.85. The van der Waals surface area contributed by atoms with Crippen molar-refractivity contribution in [3.05, 3.63) is 29.8 Å². The van der Waals surface area contributed by atoms with E-state index in [1.807, 2.05) is 17.0 Å². The van der Waals surface area contributed by atoms with E-state index in [-0.39, 0.29) is 12.5 Å². The van der Waals surface area contributed by atoms with Crippen LogP contribution in [0.4, 0.5) is 0 Å². The minimum absolute atomic E-state index is 0.0913. The van der Waals surface area contributed by atoms with E-state index in [9.17, 15) is 4.79 Å². The molecule has 4 nitrogen and oxygen atoms in total. The highest BCUT2D eigenvalue weighted by molar-refractivity contribution is 5.76. The van der Waals surface area contributed by atoms with E-state index in [4.69, 9.17) is 9.84 Å². The Morgan fingerprint density at radius 2 is 1.95 bits per heavy atom. The second-order valence-corrected chi connectivity index (χ2v) is 5.26. The van der Waals surface area contributed by atoms with Gasteiger partial charge in [0.2, 0.25) is 5.91 Å². The number of aliphatic hydroxyl groups excluding tert-OH is 1. The molecule has 1 N–H and O–H groups in total. The molecule has 4 heteroatoms. The monoisotopic (exact) mass is 277 g/mol. The maximum absolute atomic E-state index is 11.9. The number of rotatable bonds is 5. The van der Waals surface area contributed by atoms with Crippen molar-refractivity contribution in [3.63, 3.8) is 0 Å². The molecule has 0 atom stereocenters. The lowest BCUT2D eigenvalue weighted by Gasteiger charge is -2.32. The van der Waals surface area contributed by atoms with Gasteiger partial charge in [-0.3, -0.25) is 4.79 Å². The van der Waals surface area contributed by atoms with Gasteiger partial charge in [-0.05, 0) is 42.9 Å². The summed E-state index contributed by atoms with van der Waals surface area (Å²) in [6.45, 7) is 1.73. The Kier molecular flexibility index (Phi) is 5.41. The maximum Gasteiger partial charge on any atom is 0.222 e. The van der Waals surface area contributed by atoms with Crippen LogP contribution in [0.1, 0.15) is 37.2 Å². The first kappa shape index (κ1) is 14.9. The Morgan fingerprint density at radius 1 is 1.30 bits per heavy atom. The molecule has 1 amide bonds. The lowest BCUT2D eigenvalue weighted by molar-refractivity contribution is -0.132. The second-order valence-electron chi connectivity index (χ2n) is 5.26. The Labute approximate surface area is 120 Å². The molecule has 0 aromatic heterocycles. The number of hydrogen-bond donors (Lipinski definition) is 1. The van der Waals surface area contributed by atoms with Crippen molar-refractivity contribution >= 4 is 5.91 Å². The number of piperidine rings is 1. The van der Waals surface area contributed by atoms with Crippen LogP contribution >= 0.6 is 0 Å². The van der Waals surface area contributed by atoms with Crippen LogP contribution in [0.15, 0.2) is 24.3 Å². The van der Waals surface area contributed by atoms with Gasteiger partial charge in [-0.2, -0.15) is 0 Å². The molecule has 1 aromatic rings. The van der Waals surface area contributed by atoms with Crippen LogP contribution in [0.3, 0.4) is 0 Å². The van der Waals surface area contributed by atoms with E-state index in [0.29, 0.717) is 18.8 Å². The number of hydrogen-bond acceptors (Lipinski definition) is 3. The van der Waals surface area contributed by atoms with E-state index in [1.54, 1.807) is 7.11 Å². The minimum Gasteiger partial charge on any atom is -0.497 e. The summed E-state index contributed by atoms with van der Waals surface area (Å²) in [6, 6.07) is 8.22. The Hall–Kier alpha value is -1.55. The quantitative estimate of drug-likeness (QED) is 0.897. The lowest BCUT2D eigenvalue weighted by atomic mass is 9.89. The summed E-state index contributed by atoms with van der Waals surface area (Å²) < 4.78 is 5.17. The van der Waals surface area contributed by atoms with Crippen LogP contribution < -0.4 is 4.74 Å². The highest BCUT2D eigenvalue weighted by Crippen LogP contribution is 2.29. The first-order chi connectivity index (χ1) is 9.74. The number of likely N-dealkylation sites (tertiary alicyclic amines) is 1. The van der Waals surface area contributed by atoms with E-state index in [1.165, 1.54) is 5.56 Å². The van der Waals surface area contributed by atoms with Crippen LogP contribution in [0, 0.1) is 0 Å². The predicted molar refractivity (Wildman–Crippen MR) is 77.9 cm³/mol. The smallest absolute Gasteiger partial charge is 0.222 e. The third kappa shape index (κ3) is 3.73. The van der Waals surface area contributed by atoms with E-state index >= 15 is 0 Å². The molecular formula is C16H23NO3. The number of amides is 1. The van der Waals surface area contributed by atoms with Crippen molar-refractivity contribution in [1.29, 1.82) is 0 Å². The molecule has 110 valence electrons. The van der Waals surface area contributed by atoms with Gasteiger partial charge in [-0.15, -0.1) is 0 Å². The molecule has 0 spiro atoms. The summed E-state index contributed by atoms with van der Waals surface area (Å²) in [4.78, 5) is 13.8. The van der Waals surface area contributed by atoms with Gasteiger partial charge in [0.1, 0.15) is 5.75 Å². The molecule has 20 heavy (non-hydrogen) atoms. The van der Waals surface area contributed by atoms with Crippen molar-refractivity contribution in [2.24, 2.45) is 0 Å². The van der Waals surface area contributed by atoms with E-state index in [2.05, 4.69) is 12.1 Å². The number of ether oxygens (including phenoxy) is 1. The topological polar surface area (TPSA) is 49.8 Å². The van der Waals surface area contributed by atoms with Crippen LogP contribution in [0.2, 0.25) is 0 Å². The van der Waals surface area contributed by atoms with Gasteiger partial charge in [0, 0.05) is 26.1 Å². The Morgan fingerprint density at radius 3 is 2.50 bits per heavy atom. The van der Waals surface area contributed by atoms with Crippen LogP contribution in [0.25, 0.3) is 0 Å². The van der Waals surface area contributed by atoms with Gasteiger partial charge in [0.05, 0.1) is 7.11 Å². The summed E-state index contributed by atoms with van der Waals surface area (Å²) in [5.41, 5.74) is 1.33. The van der Waals surface area contributed by atoms with Gasteiger partial charge >= 0.3 is 0 Å². The fourth-order valence-corrected chi connectivity index (χ4v) is 2.73. The minimum atomic E-state index is 0.0913. The zero-order valence-corrected chi connectivity index (χ0v) is 12.0. The molecule has 1 aliphatic rings. The third-order valence-corrected chi connectivity index (χ3v) is 3.98. The molecule has 0 radical (unpaired) electrons. The first-order valence-corrected chi connectivity index (χ1v) is 7.27. The van der Waals surface area contributed by atoms with Crippen molar-refractivity contribution < 1.29 is 14.6 Å². The zero-order valence-electron chi connectivity index (χ0n) is 12.0. The summed E-state index contributed by atoms with van der Waals surface area (Å²) in [5, 5.41) is 8.77. The molecule has 1 fully saturated rings. The number of carbonyl (C=O) groups excluding carboxylic acids is 1. The van der Waals surface area contributed by atoms with Crippen LogP contribution in [-0.4, -0.2) is 42.7 Å². The molecule has 1 heterocycles. The first-order valence-electron chi connectivity index (χ1n) is 7.27. The highest BCUT2D eigenvalue weighted by atomic mass is 16.5. The number of benzene rings is 1. The normalized spacial score (nSPS) is 16.2. The largest absolute Gasteiger partial charge is 0.497 e. The second kappa shape index (κ2) is 7.29. The third-order valence-electron chi connectivity index (χ3n) is 3.98. The van der Waals surface area contributed by atoms with E-state index in [0.717, 1.165) is 31.7 Å². The maximum atomic E-state index is 11.9. The molecule has 2 rings (SSSR count). The predicted octanol–water partition coefficient (Wildman–Crippen LogP) is 2.17. The Bertz CT molecular complexity index is 422. The molecular weight excluding hydrogens is 254 g/mol. The standard InChI is InChI=1S/C16H23NO3/c1-20-15-6-4-13(5-7-15)14-8-10-17(11-9-14)16(19)3-2-12-18/h4-7,14,18H,2-3,8-12H2,1H3. The fourth-order valence-electron chi connectivity index (χ4n) is 2.73. The molecule has 1 aromatic carbocycles. The number of carbonyl (C=O) groups is 1. The average molecular weight is 277 g/mol. The van der Waals surface area contributed by atoms with Crippen molar-refractivity contribution in [2.45, 2.75) is 31.6 Å². The van der Waals surface area contributed by atoms with Gasteiger partial charge in [-0.1, -0.05) is 12.1 Å². The SMILES string of the molecule is COc1ccc(C2CCN(C(=O)CCCO)CC2)cc1. The molecule has 1 saturated heterocycles. The average Bonchev–Trinajstić information content (AvgIpc) is 2.53. The summed E-state index contributed by atoms with van der Waals surface area (Å²) in [7, 11) is 1.67. The molecule has 1 aliphatic heterocycles.